The number of anilines is 2. The molecule has 6 heteroatoms. The molecule has 0 spiro atoms. The normalized spacial score (nSPS) is 14.0. The van der Waals surface area contributed by atoms with E-state index in [-0.39, 0.29) is 12.5 Å². The van der Waals surface area contributed by atoms with Crippen LogP contribution in [0.1, 0.15) is 17.5 Å². The van der Waals surface area contributed by atoms with Crippen LogP contribution in [0.3, 0.4) is 0 Å². The van der Waals surface area contributed by atoms with Crippen LogP contribution in [0.5, 0.6) is 5.75 Å². The minimum atomic E-state index is -0.0333. The number of nitrogens with one attached hydrogen (secondary N) is 1. The number of carbonyl (C=O) groups excluding carboxylic acids is 1. The van der Waals surface area contributed by atoms with Crippen LogP contribution in [0.25, 0.3) is 0 Å². The third-order valence-electron chi connectivity index (χ3n) is 4.12. The van der Waals surface area contributed by atoms with Gasteiger partial charge in [0.25, 0.3) is 5.91 Å². The maximum atomic E-state index is 12.1. The van der Waals surface area contributed by atoms with E-state index in [4.69, 9.17) is 10.5 Å². The molecular formula is C20H24N4O2. The standard InChI is InChI=1S/C20H24N4O2/c1-14-10-15(2)12-16(11-14)23-20(21)22-8-5-9-24-17-6-3-4-7-18(17)26-13-19(24)25/h3-4,6-7,10-12H,5,8-9,13H2,1-2H3,(H3,21,22,23). The average Bonchev–Trinajstić information content (AvgIpc) is 2.59. The first kappa shape index (κ1) is 17.8. The van der Waals surface area contributed by atoms with Gasteiger partial charge in [-0.2, -0.15) is 0 Å². The Hall–Kier alpha value is -3.02. The van der Waals surface area contributed by atoms with E-state index in [1.807, 2.05) is 50.2 Å². The van der Waals surface area contributed by atoms with E-state index in [1.165, 1.54) is 11.1 Å². The fraction of sp³-hybridized carbons (Fsp3) is 0.300. The highest BCUT2D eigenvalue weighted by atomic mass is 16.5. The van der Waals surface area contributed by atoms with E-state index in [0.29, 0.717) is 19.0 Å². The number of rotatable bonds is 5. The van der Waals surface area contributed by atoms with Crippen LogP contribution in [0.4, 0.5) is 11.4 Å². The summed E-state index contributed by atoms with van der Waals surface area (Å²) in [5.41, 5.74) is 10.1. The van der Waals surface area contributed by atoms with Crippen molar-refractivity contribution < 1.29 is 9.53 Å². The van der Waals surface area contributed by atoms with Gasteiger partial charge in [0.2, 0.25) is 0 Å². The number of hydrogen-bond donors (Lipinski definition) is 2. The molecule has 3 N–H and O–H groups in total. The second kappa shape index (κ2) is 7.91. The summed E-state index contributed by atoms with van der Waals surface area (Å²) in [5.74, 6) is 1.09. The quantitative estimate of drug-likeness (QED) is 0.493. The minimum Gasteiger partial charge on any atom is -0.482 e. The average molecular weight is 352 g/mol. The molecule has 2 aromatic carbocycles. The lowest BCUT2D eigenvalue weighted by atomic mass is 10.1. The molecular weight excluding hydrogens is 328 g/mol. The molecule has 0 radical (unpaired) electrons. The van der Waals surface area contributed by atoms with Gasteiger partial charge < -0.3 is 20.7 Å². The minimum absolute atomic E-state index is 0.0333. The summed E-state index contributed by atoms with van der Waals surface area (Å²) < 4.78 is 5.45. The van der Waals surface area contributed by atoms with Crippen molar-refractivity contribution >= 4 is 23.2 Å². The van der Waals surface area contributed by atoms with Crippen molar-refractivity contribution in [1.82, 2.24) is 0 Å². The van der Waals surface area contributed by atoms with Gasteiger partial charge in [-0.05, 0) is 55.7 Å². The van der Waals surface area contributed by atoms with Crippen LogP contribution in [0, 0.1) is 13.8 Å². The molecule has 3 rings (SSSR count). The fourth-order valence-corrected chi connectivity index (χ4v) is 3.06. The lowest BCUT2D eigenvalue weighted by Crippen LogP contribution is -2.39. The Labute approximate surface area is 153 Å². The van der Waals surface area contributed by atoms with Crippen molar-refractivity contribution in [1.29, 1.82) is 0 Å². The van der Waals surface area contributed by atoms with E-state index in [1.54, 1.807) is 4.90 Å². The number of ether oxygens (including phenoxy) is 1. The largest absolute Gasteiger partial charge is 0.482 e. The molecule has 0 bridgehead atoms. The molecule has 0 aromatic heterocycles. The molecule has 0 saturated carbocycles. The molecule has 0 unspecified atom stereocenters. The number of aliphatic imine (C=N–C) groups is 1. The number of nitrogens with two attached hydrogens (primary N) is 1. The van der Waals surface area contributed by atoms with Crippen molar-refractivity contribution in [3.8, 4) is 5.75 Å². The highest BCUT2D eigenvalue weighted by molar-refractivity contribution is 5.97. The molecule has 0 fully saturated rings. The molecule has 0 saturated heterocycles. The van der Waals surface area contributed by atoms with Crippen LogP contribution in [0.2, 0.25) is 0 Å². The summed E-state index contributed by atoms with van der Waals surface area (Å²) in [7, 11) is 0. The second-order valence-electron chi connectivity index (χ2n) is 6.42. The van der Waals surface area contributed by atoms with E-state index in [9.17, 15) is 4.79 Å². The SMILES string of the molecule is Cc1cc(C)cc(NC(N)=NCCCN2C(=O)COc3ccccc32)c1. The van der Waals surface area contributed by atoms with Crippen molar-refractivity contribution in [2.75, 3.05) is 29.9 Å². The van der Waals surface area contributed by atoms with Crippen molar-refractivity contribution in [3.05, 3.63) is 53.6 Å². The van der Waals surface area contributed by atoms with Gasteiger partial charge in [0.15, 0.2) is 12.6 Å². The molecule has 1 aliphatic heterocycles. The van der Waals surface area contributed by atoms with E-state index < -0.39 is 0 Å². The Morgan fingerprint density at radius 2 is 1.96 bits per heavy atom. The van der Waals surface area contributed by atoms with Gasteiger partial charge >= 0.3 is 0 Å². The Morgan fingerprint density at radius 1 is 1.23 bits per heavy atom. The Balaban J connectivity index is 1.55. The Morgan fingerprint density at radius 3 is 2.73 bits per heavy atom. The van der Waals surface area contributed by atoms with Crippen LogP contribution in [0.15, 0.2) is 47.5 Å². The topological polar surface area (TPSA) is 80.0 Å². The number of nitrogens with zero attached hydrogens (tertiary/aromatic N) is 2. The number of fused-ring (bicyclic) bond motifs is 1. The molecule has 136 valence electrons. The van der Waals surface area contributed by atoms with Crippen LogP contribution in [-0.4, -0.2) is 31.6 Å². The number of benzene rings is 2. The van der Waals surface area contributed by atoms with E-state index >= 15 is 0 Å². The predicted octanol–water partition coefficient (Wildman–Crippen LogP) is 2.85. The molecule has 1 amide bonds. The molecule has 2 aromatic rings. The number of aryl methyl sites for hydroxylation is 2. The predicted molar refractivity (Wildman–Crippen MR) is 105 cm³/mol. The number of para-hydroxylation sites is 2. The third kappa shape index (κ3) is 4.33. The first-order valence-electron chi connectivity index (χ1n) is 8.70. The second-order valence-corrected chi connectivity index (χ2v) is 6.42. The zero-order valence-electron chi connectivity index (χ0n) is 15.2. The summed E-state index contributed by atoms with van der Waals surface area (Å²) in [6.07, 6.45) is 0.718. The number of amides is 1. The lowest BCUT2D eigenvalue weighted by molar-refractivity contribution is -0.121. The molecule has 26 heavy (non-hydrogen) atoms. The Kier molecular flexibility index (Phi) is 5.41. The first-order valence-corrected chi connectivity index (χ1v) is 8.70. The van der Waals surface area contributed by atoms with Crippen molar-refractivity contribution in [2.45, 2.75) is 20.3 Å². The summed E-state index contributed by atoms with van der Waals surface area (Å²) in [6.45, 7) is 5.29. The van der Waals surface area contributed by atoms with Gasteiger partial charge in [-0.3, -0.25) is 9.79 Å². The summed E-state index contributed by atoms with van der Waals surface area (Å²) >= 11 is 0. The molecule has 6 nitrogen and oxygen atoms in total. The van der Waals surface area contributed by atoms with Gasteiger partial charge in [0, 0.05) is 18.8 Å². The third-order valence-corrected chi connectivity index (χ3v) is 4.12. The number of carbonyl (C=O) groups is 1. The highest BCUT2D eigenvalue weighted by Gasteiger charge is 2.24. The highest BCUT2D eigenvalue weighted by Crippen LogP contribution is 2.31. The molecule has 0 atom stereocenters. The van der Waals surface area contributed by atoms with Crippen LogP contribution >= 0.6 is 0 Å². The maximum Gasteiger partial charge on any atom is 0.265 e. The van der Waals surface area contributed by atoms with Gasteiger partial charge in [-0.25, -0.2) is 0 Å². The van der Waals surface area contributed by atoms with Gasteiger partial charge in [-0.1, -0.05) is 18.2 Å². The zero-order chi connectivity index (χ0) is 18.5. The molecule has 1 heterocycles. The van der Waals surface area contributed by atoms with Gasteiger partial charge in [0.05, 0.1) is 5.69 Å². The van der Waals surface area contributed by atoms with Crippen molar-refractivity contribution in [2.24, 2.45) is 10.7 Å². The summed E-state index contributed by atoms with van der Waals surface area (Å²) in [4.78, 5) is 18.2. The van der Waals surface area contributed by atoms with E-state index in [0.717, 1.165) is 23.5 Å². The van der Waals surface area contributed by atoms with Crippen LogP contribution in [-0.2, 0) is 4.79 Å². The monoisotopic (exact) mass is 352 g/mol. The van der Waals surface area contributed by atoms with Crippen LogP contribution < -0.4 is 20.7 Å². The fourth-order valence-electron chi connectivity index (χ4n) is 3.06. The van der Waals surface area contributed by atoms with Gasteiger partial charge in [-0.15, -0.1) is 0 Å². The summed E-state index contributed by atoms with van der Waals surface area (Å²) in [5, 5.41) is 3.11. The van der Waals surface area contributed by atoms with Gasteiger partial charge in [0.1, 0.15) is 5.75 Å². The number of guanidine groups is 1. The maximum absolute atomic E-state index is 12.1. The summed E-state index contributed by atoms with van der Waals surface area (Å²) in [6, 6.07) is 13.7. The zero-order valence-corrected chi connectivity index (χ0v) is 15.2. The number of hydrogen-bond acceptors (Lipinski definition) is 3. The molecule has 1 aliphatic rings. The lowest BCUT2D eigenvalue weighted by Gasteiger charge is -2.29. The van der Waals surface area contributed by atoms with E-state index in [2.05, 4.69) is 16.4 Å². The first-order chi connectivity index (χ1) is 12.5. The molecule has 0 aliphatic carbocycles. The van der Waals surface area contributed by atoms with Crippen molar-refractivity contribution in [3.63, 3.8) is 0 Å². The Bertz CT molecular complexity index is 812. The smallest absolute Gasteiger partial charge is 0.265 e.